The molecule has 0 atom stereocenters. The van der Waals surface area contributed by atoms with E-state index in [-0.39, 0.29) is 0 Å². The first-order valence-corrected chi connectivity index (χ1v) is 8.72. The van der Waals surface area contributed by atoms with Crippen molar-refractivity contribution in [3.63, 3.8) is 0 Å². The lowest BCUT2D eigenvalue weighted by Gasteiger charge is -2.17. The molecule has 1 N–H and O–H groups in total. The zero-order valence-corrected chi connectivity index (χ0v) is 13.3. The second-order valence-electron chi connectivity index (χ2n) is 6.23. The van der Waals surface area contributed by atoms with Crippen molar-refractivity contribution in [2.24, 2.45) is 5.92 Å². The number of aromatic nitrogens is 1. The molecule has 3 heteroatoms. The number of rotatable bonds is 5. The van der Waals surface area contributed by atoms with Crippen molar-refractivity contribution in [2.75, 3.05) is 6.54 Å². The molecule has 2 rings (SSSR count). The molecular weight excluding hydrogens is 252 g/mol. The summed E-state index contributed by atoms with van der Waals surface area (Å²) < 4.78 is 0. The van der Waals surface area contributed by atoms with Gasteiger partial charge in [-0.1, -0.05) is 46.0 Å². The van der Waals surface area contributed by atoms with Gasteiger partial charge in [0.1, 0.15) is 0 Å². The summed E-state index contributed by atoms with van der Waals surface area (Å²) in [5.74, 6) is 1.46. The van der Waals surface area contributed by atoms with Crippen molar-refractivity contribution < 1.29 is 0 Å². The van der Waals surface area contributed by atoms with Gasteiger partial charge in [-0.3, -0.25) is 0 Å². The van der Waals surface area contributed by atoms with E-state index in [0.717, 1.165) is 24.9 Å². The molecule has 0 amide bonds. The molecule has 0 bridgehead atoms. The second kappa shape index (κ2) is 8.01. The van der Waals surface area contributed by atoms with E-state index in [2.05, 4.69) is 30.3 Å². The van der Waals surface area contributed by atoms with Gasteiger partial charge in [-0.05, 0) is 25.3 Å². The van der Waals surface area contributed by atoms with Gasteiger partial charge in [0.05, 0.1) is 5.01 Å². The molecule has 1 aliphatic rings. The average Bonchev–Trinajstić information content (AvgIpc) is 2.76. The van der Waals surface area contributed by atoms with E-state index in [1.165, 1.54) is 54.8 Å². The summed E-state index contributed by atoms with van der Waals surface area (Å²) in [7, 11) is 0. The third-order valence-corrected chi connectivity index (χ3v) is 5.04. The summed E-state index contributed by atoms with van der Waals surface area (Å²) >= 11 is 1.93. The van der Waals surface area contributed by atoms with Crippen LogP contribution in [0.3, 0.4) is 0 Å². The Morgan fingerprint density at radius 2 is 1.89 bits per heavy atom. The molecule has 1 heterocycles. The highest BCUT2D eigenvalue weighted by Crippen LogP contribution is 2.33. The maximum Gasteiger partial charge on any atom is 0.0959 e. The van der Waals surface area contributed by atoms with Crippen LogP contribution in [0.1, 0.15) is 74.6 Å². The van der Waals surface area contributed by atoms with Gasteiger partial charge in [-0.2, -0.15) is 0 Å². The van der Waals surface area contributed by atoms with E-state index in [9.17, 15) is 0 Å². The lowest BCUT2D eigenvalue weighted by Crippen LogP contribution is -2.18. The van der Waals surface area contributed by atoms with Crippen LogP contribution in [-0.2, 0) is 6.54 Å². The van der Waals surface area contributed by atoms with Gasteiger partial charge < -0.3 is 5.32 Å². The van der Waals surface area contributed by atoms with Gasteiger partial charge in [-0.15, -0.1) is 11.3 Å². The van der Waals surface area contributed by atoms with Crippen LogP contribution in [0.15, 0.2) is 6.20 Å². The largest absolute Gasteiger partial charge is 0.312 e. The van der Waals surface area contributed by atoms with Gasteiger partial charge in [0.2, 0.25) is 0 Å². The average molecular weight is 280 g/mol. The molecule has 1 aromatic rings. The maximum absolute atomic E-state index is 4.69. The van der Waals surface area contributed by atoms with Crippen LogP contribution < -0.4 is 5.32 Å². The summed E-state index contributed by atoms with van der Waals surface area (Å²) in [5.41, 5.74) is 0. The fraction of sp³-hybridized carbons (Fsp3) is 0.812. The zero-order valence-electron chi connectivity index (χ0n) is 12.5. The van der Waals surface area contributed by atoms with Gasteiger partial charge in [-0.25, -0.2) is 4.98 Å². The third-order valence-electron chi connectivity index (χ3n) is 3.88. The minimum absolute atomic E-state index is 0.720. The molecule has 1 aromatic heterocycles. The quantitative estimate of drug-likeness (QED) is 0.844. The second-order valence-corrected chi connectivity index (χ2v) is 7.38. The Morgan fingerprint density at radius 3 is 2.58 bits per heavy atom. The monoisotopic (exact) mass is 280 g/mol. The van der Waals surface area contributed by atoms with Crippen molar-refractivity contribution in [3.05, 3.63) is 16.1 Å². The molecule has 0 spiro atoms. The van der Waals surface area contributed by atoms with Crippen molar-refractivity contribution in [1.29, 1.82) is 0 Å². The Bertz CT molecular complexity index is 351. The summed E-state index contributed by atoms with van der Waals surface area (Å²) in [6.45, 7) is 6.58. The summed E-state index contributed by atoms with van der Waals surface area (Å²) in [6, 6.07) is 0. The van der Waals surface area contributed by atoms with Crippen LogP contribution in [0, 0.1) is 5.92 Å². The Kier molecular flexibility index (Phi) is 6.32. The topological polar surface area (TPSA) is 24.9 Å². The van der Waals surface area contributed by atoms with Crippen LogP contribution in [0.5, 0.6) is 0 Å². The molecular formula is C16H28N2S. The van der Waals surface area contributed by atoms with Crippen LogP contribution in [0.2, 0.25) is 0 Å². The number of nitrogens with zero attached hydrogens (tertiary/aromatic N) is 1. The number of thiazole rings is 1. The maximum atomic E-state index is 4.69. The highest BCUT2D eigenvalue weighted by atomic mass is 32.1. The first kappa shape index (κ1) is 15.0. The Hall–Kier alpha value is -0.410. The minimum Gasteiger partial charge on any atom is -0.312 e. The molecule has 1 fully saturated rings. The number of hydrogen-bond donors (Lipinski definition) is 1. The molecule has 1 saturated carbocycles. The molecule has 19 heavy (non-hydrogen) atoms. The van der Waals surface area contributed by atoms with E-state index >= 15 is 0 Å². The molecule has 0 aromatic carbocycles. The van der Waals surface area contributed by atoms with Crippen molar-refractivity contribution in [1.82, 2.24) is 10.3 Å². The predicted octanol–water partition coefficient (Wildman–Crippen LogP) is 4.72. The van der Waals surface area contributed by atoms with Crippen molar-refractivity contribution in [2.45, 2.75) is 71.3 Å². The van der Waals surface area contributed by atoms with E-state index in [4.69, 9.17) is 0 Å². The highest BCUT2D eigenvalue weighted by molar-refractivity contribution is 7.11. The van der Waals surface area contributed by atoms with E-state index in [1.54, 1.807) is 0 Å². The molecule has 2 nitrogen and oxygen atoms in total. The predicted molar refractivity (Wildman–Crippen MR) is 83.7 cm³/mol. The van der Waals surface area contributed by atoms with Crippen LogP contribution in [0.25, 0.3) is 0 Å². The lowest BCUT2D eigenvalue weighted by atomic mass is 9.92. The van der Waals surface area contributed by atoms with E-state index in [1.807, 2.05) is 11.3 Å². The molecule has 1 aliphatic carbocycles. The SMILES string of the molecule is CC(C)CNCc1cnc(C2CCCCCCC2)s1. The smallest absolute Gasteiger partial charge is 0.0959 e. The molecule has 0 aliphatic heterocycles. The van der Waals surface area contributed by atoms with E-state index in [0.29, 0.717) is 0 Å². The van der Waals surface area contributed by atoms with E-state index < -0.39 is 0 Å². The summed E-state index contributed by atoms with van der Waals surface area (Å²) in [6.07, 6.45) is 11.9. The zero-order chi connectivity index (χ0) is 13.5. The Balaban J connectivity index is 1.84. The summed E-state index contributed by atoms with van der Waals surface area (Å²) in [5, 5.41) is 4.90. The summed E-state index contributed by atoms with van der Waals surface area (Å²) in [4.78, 5) is 6.09. The molecule has 0 saturated heterocycles. The normalized spacial score (nSPS) is 18.5. The first-order chi connectivity index (χ1) is 9.25. The fourth-order valence-corrected chi connectivity index (χ4v) is 3.84. The van der Waals surface area contributed by atoms with Crippen LogP contribution in [0.4, 0.5) is 0 Å². The third kappa shape index (κ3) is 5.23. The van der Waals surface area contributed by atoms with Gasteiger partial charge in [0.15, 0.2) is 0 Å². The first-order valence-electron chi connectivity index (χ1n) is 7.91. The standard InChI is InChI=1S/C16H28N2S/c1-13(2)10-17-11-15-12-18-16(19-15)14-8-6-4-3-5-7-9-14/h12-14,17H,3-11H2,1-2H3. The minimum atomic E-state index is 0.720. The molecule has 108 valence electrons. The molecule has 0 unspecified atom stereocenters. The van der Waals surface area contributed by atoms with Gasteiger partial charge in [0, 0.05) is 23.5 Å². The van der Waals surface area contributed by atoms with Crippen LogP contribution in [-0.4, -0.2) is 11.5 Å². The van der Waals surface area contributed by atoms with Gasteiger partial charge in [0.25, 0.3) is 0 Å². The van der Waals surface area contributed by atoms with Gasteiger partial charge >= 0.3 is 0 Å². The highest BCUT2D eigenvalue weighted by Gasteiger charge is 2.16. The number of hydrogen-bond acceptors (Lipinski definition) is 3. The molecule has 0 radical (unpaired) electrons. The van der Waals surface area contributed by atoms with Crippen LogP contribution >= 0.6 is 11.3 Å². The Labute approximate surface area is 122 Å². The lowest BCUT2D eigenvalue weighted by molar-refractivity contribution is 0.454. The fourth-order valence-electron chi connectivity index (χ4n) is 2.78. The number of nitrogens with one attached hydrogen (secondary N) is 1. The van der Waals surface area contributed by atoms with Crippen molar-refractivity contribution >= 4 is 11.3 Å². The Morgan fingerprint density at radius 1 is 1.21 bits per heavy atom. The van der Waals surface area contributed by atoms with Crippen molar-refractivity contribution in [3.8, 4) is 0 Å².